The number of hydrogen-bond donors (Lipinski definition) is 2. The van der Waals surface area contributed by atoms with Gasteiger partial charge in [-0.15, -0.1) is 0 Å². The highest BCUT2D eigenvalue weighted by molar-refractivity contribution is 9.10. The minimum absolute atomic E-state index is 0.0671. The minimum Gasteiger partial charge on any atom is -0.375 e. The Hall–Kier alpha value is -1.33. The molecule has 0 aliphatic heterocycles. The van der Waals surface area contributed by atoms with Crippen molar-refractivity contribution in [1.82, 2.24) is 9.55 Å². The fourth-order valence-corrected chi connectivity index (χ4v) is 2.60. The van der Waals surface area contributed by atoms with Crippen LogP contribution in [0.2, 0.25) is 0 Å². The van der Waals surface area contributed by atoms with E-state index >= 15 is 0 Å². The summed E-state index contributed by atoms with van der Waals surface area (Å²) in [5.74, 6) is 0. The lowest BCUT2D eigenvalue weighted by Gasteiger charge is -2.20. The molecular weight excluding hydrogens is 316 g/mol. The number of nitrogens with one attached hydrogen (secondary N) is 1. The molecule has 0 spiro atoms. The molecule has 0 amide bonds. The van der Waals surface area contributed by atoms with Crippen LogP contribution in [-0.4, -0.2) is 16.1 Å². The summed E-state index contributed by atoms with van der Waals surface area (Å²) in [5, 5.41) is 3.51. The lowest BCUT2D eigenvalue weighted by Crippen LogP contribution is -2.23. The number of hydrogen-bond acceptors (Lipinski definition) is 3. The molecule has 3 N–H and O–H groups in total. The van der Waals surface area contributed by atoms with Crippen LogP contribution in [0, 0.1) is 13.8 Å². The molecule has 1 unspecified atom stereocenters. The Labute approximate surface area is 128 Å². The number of aryl methyl sites for hydroxylation is 3. The Bertz CT molecular complexity index is 568. The standard InChI is InChI=1S/C15H21BrN4/c1-4-20-9-18-8-14(20)13(7-17)19-12-5-10(2)15(16)11(3)6-12/h5-6,8-9,13,19H,4,7,17H2,1-3H3. The minimum atomic E-state index is 0.0671. The molecule has 0 saturated carbocycles. The molecule has 20 heavy (non-hydrogen) atoms. The molecule has 2 rings (SSSR count). The maximum Gasteiger partial charge on any atom is 0.0948 e. The lowest BCUT2D eigenvalue weighted by atomic mass is 10.1. The van der Waals surface area contributed by atoms with E-state index in [1.807, 2.05) is 12.5 Å². The fraction of sp³-hybridized carbons (Fsp3) is 0.400. The molecule has 0 saturated heterocycles. The first-order chi connectivity index (χ1) is 9.56. The van der Waals surface area contributed by atoms with E-state index in [0.29, 0.717) is 6.54 Å². The molecular formula is C15H21BrN4. The van der Waals surface area contributed by atoms with Gasteiger partial charge < -0.3 is 15.6 Å². The summed E-state index contributed by atoms with van der Waals surface area (Å²) >= 11 is 3.59. The van der Waals surface area contributed by atoms with Crippen LogP contribution in [0.3, 0.4) is 0 Å². The van der Waals surface area contributed by atoms with Gasteiger partial charge >= 0.3 is 0 Å². The Morgan fingerprint density at radius 3 is 2.55 bits per heavy atom. The summed E-state index contributed by atoms with van der Waals surface area (Å²) in [6.07, 6.45) is 3.73. The third-order valence-electron chi connectivity index (χ3n) is 3.46. The largest absolute Gasteiger partial charge is 0.375 e. The Balaban J connectivity index is 2.27. The van der Waals surface area contributed by atoms with Gasteiger partial charge in [0.25, 0.3) is 0 Å². The van der Waals surface area contributed by atoms with Crippen molar-refractivity contribution in [3.63, 3.8) is 0 Å². The second-order valence-corrected chi connectivity index (χ2v) is 5.75. The number of nitrogens with zero attached hydrogens (tertiary/aromatic N) is 2. The monoisotopic (exact) mass is 336 g/mol. The van der Waals surface area contributed by atoms with Crippen LogP contribution in [-0.2, 0) is 6.54 Å². The maximum atomic E-state index is 5.93. The first-order valence-electron chi connectivity index (χ1n) is 6.80. The van der Waals surface area contributed by atoms with Crippen molar-refractivity contribution in [2.75, 3.05) is 11.9 Å². The molecule has 0 aliphatic rings. The molecule has 108 valence electrons. The summed E-state index contributed by atoms with van der Waals surface area (Å²) in [7, 11) is 0. The third kappa shape index (κ3) is 3.04. The van der Waals surface area contributed by atoms with Crippen molar-refractivity contribution < 1.29 is 0 Å². The van der Waals surface area contributed by atoms with Crippen LogP contribution >= 0.6 is 15.9 Å². The Morgan fingerprint density at radius 2 is 2.00 bits per heavy atom. The molecule has 0 radical (unpaired) electrons. The molecule has 1 aromatic heterocycles. The molecule has 1 aromatic carbocycles. The zero-order valence-corrected chi connectivity index (χ0v) is 13.7. The molecule has 0 fully saturated rings. The second-order valence-electron chi connectivity index (χ2n) is 4.96. The molecule has 1 atom stereocenters. The summed E-state index contributed by atoms with van der Waals surface area (Å²) in [6.45, 7) is 7.71. The van der Waals surface area contributed by atoms with E-state index in [9.17, 15) is 0 Å². The van der Waals surface area contributed by atoms with E-state index in [0.717, 1.165) is 22.4 Å². The van der Waals surface area contributed by atoms with Crippen LogP contribution in [0.25, 0.3) is 0 Å². The first-order valence-corrected chi connectivity index (χ1v) is 7.59. The number of benzene rings is 1. The second kappa shape index (κ2) is 6.41. The van der Waals surface area contributed by atoms with Crippen molar-refractivity contribution in [3.05, 3.63) is 46.0 Å². The predicted molar refractivity (Wildman–Crippen MR) is 86.9 cm³/mol. The van der Waals surface area contributed by atoms with Crippen molar-refractivity contribution >= 4 is 21.6 Å². The van der Waals surface area contributed by atoms with E-state index in [-0.39, 0.29) is 6.04 Å². The molecule has 1 heterocycles. The smallest absolute Gasteiger partial charge is 0.0948 e. The van der Waals surface area contributed by atoms with E-state index in [1.54, 1.807) is 0 Å². The quantitative estimate of drug-likeness (QED) is 0.879. The predicted octanol–water partition coefficient (Wildman–Crippen LogP) is 3.39. The third-order valence-corrected chi connectivity index (χ3v) is 4.71. The van der Waals surface area contributed by atoms with Gasteiger partial charge in [-0.25, -0.2) is 4.98 Å². The number of aromatic nitrogens is 2. The maximum absolute atomic E-state index is 5.93. The van der Waals surface area contributed by atoms with Gasteiger partial charge in [-0.1, -0.05) is 15.9 Å². The van der Waals surface area contributed by atoms with Crippen LogP contribution in [0.1, 0.15) is 29.8 Å². The first kappa shape index (κ1) is 15.1. The van der Waals surface area contributed by atoms with Gasteiger partial charge in [-0.05, 0) is 44.0 Å². The zero-order chi connectivity index (χ0) is 14.7. The zero-order valence-electron chi connectivity index (χ0n) is 12.2. The summed E-state index contributed by atoms with van der Waals surface area (Å²) in [4.78, 5) is 4.21. The fourth-order valence-electron chi connectivity index (χ4n) is 2.37. The SMILES string of the molecule is CCn1cncc1C(CN)Nc1cc(C)c(Br)c(C)c1. The summed E-state index contributed by atoms with van der Waals surface area (Å²) in [5.41, 5.74) is 10.6. The molecule has 0 bridgehead atoms. The highest BCUT2D eigenvalue weighted by Crippen LogP contribution is 2.27. The van der Waals surface area contributed by atoms with Crippen LogP contribution in [0.15, 0.2) is 29.1 Å². The van der Waals surface area contributed by atoms with Gasteiger partial charge in [-0.3, -0.25) is 0 Å². The van der Waals surface area contributed by atoms with Crippen molar-refractivity contribution in [3.8, 4) is 0 Å². The van der Waals surface area contributed by atoms with E-state index < -0.39 is 0 Å². The summed E-state index contributed by atoms with van der Waals surface area (Å²) in [6, 6.07) is 4.33. The normalized spacial score (nSPS) is 12.4. The van der Waals surface area contributed by atoms with Gasteiger partial charge in [-0.2, -0.15) is 0 Å². The molecule has 2 aromatic rings. The van der Waals surface area contributed by atoms with Crippen LogP contribution in [0.4, 0.5) is 5.69 Å². The van der Waals surface area contributed by atoms with Gasteiger partial charge in [0.1, 0.15) is 0 Å². The van der Waals surface area contributed by atoms with Crippen LogP contribution < -0.4 is 11.1 Å². The van der Waals surface area contributed by atoms with Crippen molar-refractivity contribution in [2.24, 2.45) is 5.73 Å². The van der Waals surface area contributed by atoms with E-state index in [2.05, 4.69) is 63.7 Å². The van der Waals surface area contributed by atoms with Crippen molar-refractivity contribution in [1.29, 1.82) is 0 Å². The lowest BCUT2D eigenvalue weighted by molar-refractivity contribution is 0.654. The van der Waals surface area contributed by atoms with E-state index in [1.165, 1.54) is 11.1 Å². The van der Waals surface area contributed by atoms with Gasteiger partial charge in [0, 0.05) is 23.2 Å². The molecule has 0 aliphatic carbocycles. The Morgan fingerprint density at radius 1 is 1.35 bits per heavy atom. The number of halogens is 1. The average Bonchev–Trinajstić information content (AvgIpc) is 2.90. The van der Waals surface area contributed by atoms with Gasteiger partial charge in [0.05, 0.1) is 24.3 Å². The number of nitrogens with two attached hydrogens (primary N) is 1. The average molecular weight is 337 g/mol. The van der Waals surface area contributed by atoms with Gasteiger partial charge in [0.15, 0.2) is 0 Å². The van der Waals surface area contributed by atoms with Gasteiger partial charge in [0.2, 0.25) is 0 Å². The molecule has 4 nitrogen and oxygen atoms in total. The summed E-state index contributed by atoms with van der Waals surface area (Å²) < 4.78 is 3.27. The van der Waals surface area contributed by atoms with Crippen molar-refractivity contribution in [2.45, 2.75) is 33.4 Å². The molecule has 5 heteroatoms. The van der Waals surface area contributed by atoms with E-state index in [4.69, 9.17) is 5.73 Å². The number of imidazole rings is 1. The topological polar surface area (TPSA) is 55.9 Å². The number of anilines is 1. The number of rotatable bonds is 5. The Kier molecular flexibility index (Phi) is 4.83. The van der Waals surface area contributed by atoms with Crippen LogP contribution in [0.5, 0.6) is 0 Å². The highest BCUT2D eigenvalue weighted by Gasteiger charge is 2.14. The highest BCUT2D eigenvalue weighted by atomic mass is 79.9.